The first kappa shape index (κ1) is 12.2. The van der Waals surface area contributed by atoms with Crippen LogP contribution in [0.5, 0.6) is 0 Å². The Morgan fingerprint density at radius 1 is 1.59 bits per heavy atom. The Hall–Kier alpha value is -1.27. The molecule has 0 saturated heterocycles. The largest absolute Gasteiger partial charge is 0.346 e. The molecule has 2 aromatic rings. The Morgan fingerprint density at radius 2 is 2.41 bits per heavy atom. The fourth-order valence-electron chi connectivity index (χ4n) is 1.26. The highest BCUT2D eigenvalue weighted by molar-refractivity contribution is 9.11. The standard InChI is InChI=1S/C11H10BrN3OS/c1-7-5-9(17-10(7)12)11(16)13-6-8-3-2-4-14-15-8/h2-5H,6H2,1H3,(H,13,16). The lowest BCUT2D eigenvalue weighted by atomic mass is 10.3. The second kappa shape index (κ2) is 5.37. The lowest BCUT2D eigenvalue weighted by Crippen LogP contribution is -2.22. The van der Waals surface area contributed by atoms with Crippen molar-refractivity contribution in [1.82, 2.24) is 15.5 Å². The summed E-state index contributed by atoms with van der Waals surface area (Å²) in [5, 5.41) is 10.4. The molecule has 0 saturated carbocycles. The summed E-state index contributed by atoms with van der Waals surface area (Å²) in [7, 11) is 0. The highest BCUT2D eigenvalue weighted by Gasteiger charge is 2.10. The van der Waals surface area contributed by atoms with E-state index in [9.17, 15) is 4.79 Å². The molecule has 0 fully saturated rings. The Kier molecular flexibility index (Phi) is 3.86. The molecule has 2 heterocycles. The third kappa shape index (κ3) is 3.10. The molecular weight excluding hydrogens is 302 g/mol. The average molecular weight is 312 g/mol. The summed E-state index contributed by atoms with van der Waals surface area (Å²) in [6.45, 7) is 2.35. The molecule has 0 aliphatic carbocycles. The van der Waals surface area contributed by atoms with Crippen LogP contribution in [0.2, 0.25) is 0 Å². The van der Waals surface area contributed by atoms with Crippen molar-refractivity contribution in [3.8, 4) is 0 Å². The minimum Gasteiger partial charge on any atom is -0.346 e. The molecule has 6 heteroatoms. The van der Waals surface area contributed by atoms with Crippen LogP contribution in [0.25, 0.3) is 0 Å². The van der Waals surface area contributed by atoms with Gasteiger partial charge in [-0.3, -0.25) is 4.79 Å². The number of aromatic nitrogens is 2. The third-order valence-corrected chi connectivity index (χ3v) is 4.27. The number of carbonyl (C=O) groups is 1. The molecule has 1 amide bonds. The molecule has 0 atom stereocenters. The van der Waals surface area contributed by atoms with Gasteiger partial charge in [0.05, 0.1) is 20.9 Å². The number of aryl methyl sites for hydroxylation is 1. The maximum atomic E-state index is 11.8. The molecular formula is C11H10BrN3OS. The van der Waals surface area contributed by atoms with Crippen molar-refractivity contribution in [3.05, 3.63) is 44.3 Å². The zero-order valence-electron chi connectivity index (χ0n) is 9.11. The normalized spacial score (nSPS) is 10.2. The highest BCUT2D eigenvalue weighted by Crippen LogP contribution is 2.27. The second-order valence-corrected chi connectivity index (χ2v) is 5.84. The van der Waals surface area contributed by atoms with Gasteiger partial charge in [0.2, 0.25) is 0 Å². The predicted octanol–water partition coefficient (Wildman–Crippen LogP) is 2.54. The quantitative estimate of drug-likeness (QED) is 0.947. The molecule has 0 aliphatic heterocycles. The van der Waals surface area contributed by atoms with E-state index < -0.39 is 0 Å². The molecule has 0 aliphatic rings. The Bertz CT molecular complexity index is 507. The summed E-state index contributed by atoms with van der Waals surface area (Å²) in [4.78, 5) is 12.5. The van der Waals surface area contributed by atoms with Crippen molar-refractivity contribution in [2.24, 2.45) is 0 Å². The monoisotopic (exact) mass is 311 g/mol. The van der Waals surface area contributed by atoms with Gasteiger partial charge < -0.3 is 5.32 Å². The van der Waals surface area contributed by atoms with Crippen molar-refractivity contribution in [3.63, 3.8) is 0 Å². The average Bonchev–Trinajstić information content (AvgIpc) is 2.68. The fourth-order valence-corrected chi connectivity index (χ4v) is 2.71. The van der Waals surface area contributed by atoms with Gasteiger partial charge >= 0.3 is 0 Å². The number of amides is 1. The number of hydrogen-bond acceptors (Lipinski definition) is 4. The second-order valence-electron chi connectivity index (χ2n) is 3.47. The Balaban J connectivity index is 1.98. The number of nitrogens with one attached hydrogen (secondary N) is 1. The zero-order valence-corrected chi connectivity index (χ0v) is 11.5. The minimum atomic E-state index is -0.0885. The molecule has 88 valence electrons. The van der Waals surface area contributed by atoms with Crippen LogP contribution in [0.4, 0.5) is 0 Å². The van der Waals surface area contributed by atoms with Crippen LogP contribution in [0.1, 0.15) is 20.9 Å². The summed E-state index contributed by atoms with van der Waals surface area (Å²) in [6, 6.07) is 5.48. The van der Waals surface area contributed by atoms with Gasteiger partial charge in [-0.05, 0) is 46.6 Å². The third-order valence-electron chi connectivity index (χ3n) is 2.14. The summed E-state index contributed by atoms with van der Waals surface area (Å²) in [5.74, 6) is -0.0885. The van der Waals surface area contributed by atoms with Gasteiger partial charge in [-0.2, -0.15) is 10.2 Å². The van der Waals surface area contributed by atoms with Crippen LogP contribution in [0.15, 0.2) is 28.2 Å². The molecule has 0 radical (unpaired) electrons. The van der Waals surface area contributed by atoms with E-state index >= 15 is 0 Å². The number of hydrogen-bond donors (Lipinski definition) is 1. The minimum absolute atomic E-state index is 0.0885. The van der Waals surface area contributed by atoms with Crippen LogP contribution in [0.3, 0.4) is 0 Å². The van der Waals surface area contributed by atoms with Crippen molar-refractivity contribution in [2.45, 2.75) is 13.5 Å². The van der Waals surface area contributed by atoms with Gasteiger partial charge in [0, 0.05) is 6.20 Å². The maximum absolute atomic E-state index is 11.8. The van der Waals surface area contributed by atoms with E-state index in [0.29, 0.717) is 11.4 Å². The lowest BCUT2D eigenvalue weighted by molar-refractivity contribution is 0.0954. The molecule has 2 aromatic heterocycles. The smallest absolute Gasteiger partial charge is 0.261 e. The Labute approximate surface area is 111 Å². The molecule has 0 spiro atoms. The van der Waals surface area contributed by atoms with E-state index in [-0.39, 0.29) is 5.91 Å². The molecule has 0 unspecified atom stereocenters. The maximum Gasteiger partial charge on any atom is 0.261 e. The van der Waals surface area contributed by atoms with Gasteiger partial charge in [-0.15, -0.1) is 11.3 Å². The predicted molar refractivity (Wildman–Crippen MR) is 70.0 cm³/mol. The van der Waals surface area contributed by atoms with E-state index in [1.54, 1.807) is 12.3 Å². The number of nitrogens with zero attached hydrogens (tertiary/aromatic N) is 2. The van der Waals surface area contributed by atoms with Gasteiger partial charge in [0.15, 0.2) is 0 Å². The van der Waals surface area contributed by atoms with Gasteiger partial charge in [-0.25, -0.2) is 0 Å². The molecule has 17 heavy (non-hydrogen) atoms. The van der Waals surface area contributed by atoms with Gasteiger partial charge in [0.1, 0.15) is 0 Å². The van der Waals surface area contributed by atoms with Gasteiger partial charge in [-0.1, -0.05) is 0 Å². The topological polar surface area (TPSA) is 54.9 Å². The summed E-state index contributed by atoms with van der Waals surface area (Å²) in [5.41, 5.74) is 1.81. The SMILES string of the molecule is Cc1cc(C(=O)NCc2cccnn2)sc1Br. The van der Waals surface area contributed by atoms with Crippen LogP contribution in [-0.2, 0) is 6.54 Å². The van der Waals surface area contributed by atoms with E-state index in [1.165, 1.54) is 11.3 Å². The highest BCUT2D eigenvalue weighted by atomic mass is 79.9. The fraction of sp³-hybridized carbons (Fsp3) is 0.182. The van der Waals surface area contributed by atoms with Crippen molar-refractivity contribution in [1.29, 1.82) is 0 Å². The molecule has 4 nitrogen and oxygen atoms in total. The number of halogens is 1. The zero-order chi connectivity index (χ0) is 12.3. The van der Waals surface area contributed by atoms with Crippen LogP contribution >= 0.6 is 27.3 Å². The van der Waals surface area contributed by atoms with Crippen LogP contribution in [0, 0.1) is 6.92 Å². The first-order chi connectivity index (χ1) is 8.16. The van der Waals surface area contributed by atoms with Crippen molar-refractivity contribution >= 4 is 33.2 Å². The molecule has 2 rings (SSSR count). The molecule has 1 N–H and O–H groups in total. The van der Waals surface area contributed by atoms with Crippen molar-refractivity contribution < 1.29 is 4.79 Å². The van der Waals surface area contributed by atoms with E-state index in [2.05, 4.69) is 31.4 Å². The summed E-state index contributed by atoms with van der Waals surface area (Å²) >= 11 is 4.82. The number of thiophene rings is 1. The lowest BCUT2D eigenvalue weighted by Gasteiger charge is -2.01. The van der Waals surface area contributed by atoms with Crippen molar-refractivity contribution in [2.75, 3.05) is 0 Å². The summed E-state index contributed by atoms with van der Waals surface area (Å²) < 4.78 is 0.988. The molecule has 0 bridgehead atoms. The first-order valence-electron chi connectivity index (χ1n) is 4.97. The number of carbonyl (C=O) groups excluding carboxylic acids is 1. The summed E-state index contributed by atoms with van der Waals surface area (Å²) in [6.07, 6.45) is 1.60. The van der Waals surface area contributed by atoms with Crippen LogP contribution in [-0.4, -0.2) is 16.1 Å². The number of rotatable bonds is 3. The first-order valence-corrected chi connectivity index (χ1v) is 6.58. The van der Waals surface area contributed by atoms with E-state index in [4.69, 9.17) is 0 Å². The Morgan fingerprint density at radius 3 is 3.00 bits per heavy atom. The van der Waals surface area contributed by atoms with E-state index in [1.807, 2.05) is 19.1 Å². The van der Waals surface area contributed by atoms with E-state index in [0.717, 1.165) is 15.0 Å². The molecule has 0 aromatic carbocycles. The van der Waals surface area contributed by atoms with Gasteiger partial charge in [0.25, 0.3) is 5.91 Å². The van der Waals surface area contributed by atoms with Crippen LogP contribution < -0.4 is 5.32 Å².